The van der Waals surface area contributed by atoms with E-state index in [2.05, 4.69) is 0 Å². The Hall–Kier alpha value is -0.610. The van der Waals surface area contributed by atoms with Crippen LogP contribution < -0.4 is 0 Å². The Labute approximate surface area is 79.8 Å². The van der Waals surface area contributed by atoms with Crippen LogP contribution in [0.2, 0.25) is 0 Å². The number of rotatable bonds is 3. The zero-order valence-corrected chi connectivity index (χ0v) is 8.00. The molecule has 0 heterocycles. The Morgan fingerprint density at radius 3 is 2.62 bits per heavy atom. The topological polar surface area (TPSA) is 20.2 Å². The second kappa shape index (κ2) is 4.58. The van der Waals surface area contributed by atoms with Gasteiger partial charge in [0.05, 0.1) is 4.90 Å². The van der Waals surface area contributed by atoms with Crippen LogP contribution in [0.3, 0.4) is 0 Å². The van der Waals surface area contributed by atoms with Gasteiger partial charge in [-0.05, 0) is 24.3 Å². The fourth-order valence-corrected chi connectivity index (χ4v) is 1.65. The predicted octanol–water partition coefficient (Wildman–Crippen LogP) is 2.22. The molecule has 1 nitrogen and oxygen atoms in total. The molecule has 1 aromatic carbocycles. The molecule has 0 unspecified atom stereocenters. The first kappa shape index (κ1) is 10.5. The summed E-state index contributed by atoms with van der Waals surface area (Å²) in [6.07, 6.45) is 1.84. The highest BCUT2D eigenvalue weighted by Crippen LogP contribution is 2.25. The molecule has 0 aromatic heterocycles. The van der Waals surface area contributed by atoms with E-state index >= 15 is 0 Å². The maximum Gasteiger partial charge on any atom is 0.142 e. The Kier molecular flexibility index (Phi) is 3.69. The number of aliphatic hydroxyl groups is 1. The van der Waals surface area contributed by atoms with Crippen LogP contribution in [0.1, 0.15) is 5.56 Å². The van der Waals surface area contributed by atoms with Gasteiger partial charge in [-0.2, -0.15) is 0 Å². The van der Waals surface area contributed by atoms with E-state index in [9.17, 15) is 8.78 Å². The minimum absolute atomic E-state index is 0.0194. The molecule has 72 valence electrons. The van der Waals surface area contributed by atoms with Crippen molar-refractivity contribution in [3.8, 4) is 0 Å². The highest BCUT2D eigenvalue weighted by molar-refractivity contribution is 7.98. The molecule has 1 rings (SSSR count). The van der Waals surface area contributed by atoms with Crippen LogP contribution in [0.4, 0.5) is 8.78 Å². The van der Waals surface area contributed by atoms with Crippen molar-refractivity contribution in [1.82, 2.24) is 0 Å². The largest absolute Gasteiger partial charge is 0.396 e. The highest BCUT2D eigenvalue weighted by Gasteiger charge is 2.11. The van der Waals surface area contributed by atoms with Gasteiger partial charge in [-0.25, -0.2) is 8.78 Å². The van der Waals surface area contributed by atoms with Crippen molar-refractivity contribution in [3.63, 3.8) is 0 Å². The molecular weight excluding hydrogens is 194 g/mol. The molecule has 13 heavy (non-hydrogen) atoms. The van der Waals surface area contributed by atoms with Gasteiger partial charge in [0.1, 0.15) is 11.6 Å². The SMILES string of the molecule is CSc1c(F)ccc(CCO)c1F. The fourth-order valence-electron chi connectivity index (χ4n) is 1.07. The quantitative estimate of drug-likeness (QED) is 0.762. The van der Waals surface area contributed by atoms with E-state index in [-0.39, 0.29) is 17.9 Å². The molecule has 0 amide bonds. The Balaban J connectivity index is 3.11. The zero-order chi connectivity index (χ0) is 9.84. The standard InChI is InChI=1S/C9H10F2OS/c1-13-9-7(10)3-2-6(4-5-12)8(9)11/h2-3,12H,4-5H2,1H3. The number of hydrogen-bond acceptors (Lipinski definition) is 2. The van der Waals surface area contributed by atoms with Crippen molar-refractivity contribution in [1.29, 1.82) is 0 Å². The van der Waals surface area contributed by atoms with Gasteiger partial charge in [0, 0.05) is 6.61 Å². The van der Waals surface area contributed by atoms with E-state index in [0.29, 0.717) is 5.56 Å². The second-order valence-electron chi connectivity index (χ2n) is 2.53. The second-order valence-corrected chi connectivity index (χ2v) is 3.34. The number of halogens is 2. The maximum absolute atomic E-state index is 13.3. The molecule has 0 radical (unpaired) electrons. The van der Waals surface area contributed by atoms with Crippen LogP contribution in [0.15, 0.2) is 17.0 Å². The molecule has 0 atom stereocenters. The van der Waals surface area contributed by atoms with E-state index in [1.165, 1.54) is 12.1 Å². The summed E-state index contributed by atoms with van der Waals surface area (Å²) in [5.74, 6) is -1.10. The molecule has 1 aromatic rings. The summed E-state index contributed by atoms with van der Waals surface area (Å²) in [6.45, 7) is -0.129. The Morgan fingerprint density at radius 1 is 1.38 bits per heavy atom. The lowest BCUT2D eigenvalue weighted by Gasteiger charge is -2.05. The Morgan fingerprint density at radius 2 is 2.08 bits per heavy atom. The fraction of sp³-hybridized carbons (Fsp3) is 0.333. The van der Waals surface area contributed by atoms with Crippen molar-refractivity contribution in [3.05, 3.63) is 29.3 Å². The molecule has 0 bridgehead atoms. The van der Waals surface area contributed by atoms with Gasteiger partial charge in [-0.3, -0.25) is 0 Å². The van der Waals surface area contributed by atoms with Gasteiger partial charge < -0.3 is 5.11 Å². The van der Waals surface area contributed by atoms with Crippen molar-refractivity contribution in [2.75, 3.05) is 12.9 Å². The minimum atomic E-state index is -0.554. The summed E-state index contributed by atoms with van der Waals surface area (Å²) < 4.78 is 26.3. The summed E-state index contributed by atoms with van der Waals surface area (Å²) in [7, 11) is 0. The molecular formula is C9H10F2OS. The third-order valence-corrected chi connectivity index (χ3v) is 2.50. The van der Waals surface area contributed by atoms with Crippen LogP contribution in [-0.2, 0) is 6.42 Å². The molecule has 0 aliphatic heterocycles. The maximum atomic E-state index is 13.3. The average molecular weight is 204 g/mol. The van der Waals surface area contributed by atoms with E-state index in [4.69, 9.17) is 5.11 Å². The Bertz CT molecular complexity index is 302. The smallest absolute Gasteiger partial charge is 0.142 e. The molecule has 0 aliphatic rings. The van der Waals surface area contributed by atoms with Crippen LogP contribution in [0.25, 0.3) is 0 Å². The average Bonchev–Trinajstić information content (AvgIpc) is 2.11. The minimum Gasteiger partial charge on any atom is -0.396 e. The zero-order valence-electron chi connectivity index (χ0n) is 7.18. The summed E-state index contributed by atoms with van der Waals surface area (Å²) in [4.78, 5) is 0.0194. The molecule has 1 N–H and O–H groups in total. The lowest BCUT2D eigenvalue weighted by atomic mass is 10.1. The van der Waals surface area contributed by atoms with Crippen molar-refractivity contribution in [2.24, 2.45) is 0 Å². The normalized spacial score (nSPS) is 10.5. The van der Waals surface area contributed by atoms with Crippen LogP contribution in [-0.4, -0.2) is 18.0 Å². The molecule has 0 spiro atoms. The first-order valence-corrected chi connectivity index (χ1v) is 5.05. The van der Waals surface area contributed by atoms with E-state index in [1.807, 2.05) is 0 Å². The monoisotopic (exact) mass is 204 g/mol. The summed E-state index contributed by atoms with van der Waals surface area (Å²) in [6, 6.07) is 2.58. The molecule has 0 fully saturated rings. The van der Waals surface area contributed by atoms with Crippen molar-refractivity contribution >= 4 is 11.8 Å². The van der Waals surface area contributed by atoms with Gasteiger partial charge in [-0.1, -0.05) is 6.07 Å². The first-order chi connectivity index (χ1) is 6.20. The molecule has 4 heteroatoms. The predicted molar refractivity (Wildman–Crippen MR) is 48.9 cm³/mol. The van der Waals surface area contributed by atoms with Crippen LogP contribution in [0.5, 0.6) is 0 Å². The van der Waals surface area contributed by atoms with Gasteiger partial charge in [-0.15, -0.1) is 11.8 Å². The van der Waals surface area contributed by atoms with Gasteiger partial charge in [0.2, 0.25) is 0 Å². The lowest BCUT2D eigenvalue weighted by molar-refractivity contribution is 0.297. The highest BCUT2D eigenvalue weighted by atomic mass is 32.2. The molecule has 0 saturated heterocycles. The number of hydrogen-bond donors (Lipinski definition) is 1. The van der Waals surface area contributed by atoms with Gasteiger partial charge >= 0.3 is 0 Å². The van der Waals surface area contributed by atoms with Crippen LogP contribution >= 0.6 is 11.8 Å². The van der Waals surface area contributed by atoms with E-state index in [1.54, 1.807) is 6.26 Å². The number of benzene rings is 1. The third kappa shape index (κ3) is 2.19. The third-order valence-electron chi connectivity index (χ3n) is 1.71. The van der Waals surface area contributed by atoms with Crippen molar-refractivity contribution < 1.29 is 13.9 Å². The number of aliphatic hydroxyl groups excluding tert-OH is 1. The number of thioether (sulfide) groups is 1. The lowest BCUT2D eigenvalue weighted by Crippen LogP contribution is -1.98. The molecule has 0 aliphatic carbocycles. The molecule has 0 saturated carbocycles. The van der Waals surface area contributed by atoms with Gasteiger partial charge in [0.25, 0.3) is 0 Å². The summed E-state index contributed by atoms with van der Waals surface area (Å²) >= 11 is 1.03. The summed E-state index contributed by atoms with van der Waals surface area (Å²) in [5.41, 5.74) is 0.355. The van der Waals surface area contributed by atoms with Gasteiger partial charge in [0.15, 0.2) is 0 Å². The van der Waals surface area contributed by atoms with E-state index < -0.39 is 11.6 Å². The van der Waals surface area contributed by atoms with Crippen molar-refractivity contribution in [2.45, 2.75) is 11.3 Å². The summed E-state index contributed by atoms with van der Waals surface area (Å²) in [5, 5.41) is 8.61. The first-order valence-electron chi connectivity index (χ1n) is 3.82. The van der Waals surface area contributed by atoms with Crippen LogP contribution in [0, 0.1) is 11.6 Å². The van der Waals surface area contributed by atoms with E-state index in [0.717, 1.165) is 11.8 Å².